The molecule has 0 radical (unpaired) electrons. The summed E-state index contributed by atoms with van der Waals surface area (Å²) >= 11 is 0. The summed E-state index contributed by atoms with van der Waals surface area (Å²) in [7, 11) is 1.71. The molecule has 1 N–H and O–H groups in total. The predicted octanol–water partition coefficient (Wildman–Crippen LogP) is 1.96. The van der Waals surface area contributed by atoms with Gasteiger partial charge in [-0.25, -0.2) is 0 Å². The van der Waals surface area contributed by atoms with Gasteiger partial charge in [-0.05, 0) is 31.6 Å². The molecule has 0 saturated heterocycles. The number of methoxy groups -OCH3 is 1. The summed E-state index contributed by atoms with van der Waals surface area (Å²) in [4.78, 5) is 0. The second-order valence-corrected chi connectivity index (χ2v) is 3.90. The lowest BCUT2D eigenvalue weighted by Gasteiger charge is -2.37. The Bertz CT molecular complexity index is 120. The average molecular weight is 172 g/mol. The van der Waals surface area contributed by atoms with Crippen LogP contribution >= 0.6 is 0 Å². The smallest absolute Gasteiger partial charge is 0.0908 e. The molecule has 2 heteroatoms. The van der Waals surface area contributed by atoms with Gasteiger partial charge in [-0.3, -0.25) is 0 Å². The zero-order valence-electron chi connectivity index (χ0n) is 8.18. The molecule has 0 unspecified atom stereocenters. The van der Waals surface area contributed by atoms with Crippen molar-refractivity contribution in [3.05, 3.63) is 0 Å². The van der Waals surface area contributed by atoms with Crippen molar-refractivity contribution in [3.63, 3.8) is 0 Å². The highest BCUT2D eigenvalue weighted by Gasteiger charge is 2.33. The van der Waals surface area contributed by atoms with E-state index in [-0.39, 0.29) is 12.2 Å². The van der Waals surface area contributed by atoms with Crippen molar-refractivity contribution >= 4 is 0 Å². The zero-order valence-corrected chi connectivity index (χ0v) is 8.18. The van der Waals surface area contributed by atoms with Crippen LogP contribution in [0, 0.1) is 5.92 Å². The maximum Gasteiger partial charge on any atom is 0.0908 e. The van der Waals surface area contributed by atoms with E-state index < -0.39 is 0 Å². The molecule has 12 heavy (non-hydrogen) atoms. The van der Waals surface area contributed by atoms with E-state index in [1.54, 1.807) is 7.11 Å². The third kappa shape index (κ3) is 1.99. The minimum Gasteiger partial charge on any atom is -0.393 e. The van der Waals surface area contributed by atoms with E-state index in [4.69, 9.17) is 4.74 Å². The monoisotopic (exact) mass is 172 g/mol. The fourth-order valence-electron chi connectivity index (χ4n) is 2.04. The third-order valence-electron chi connectivity index (χ3n) is 3.31. The summed E-state index contributed by atoms with van der Waals surface area (Å²) in [6.45, 7) is 2.42. The van der Waals surface area contributed by atoms with E-state index in [9.17, 15) is 5.11 Å². The fraction of sp³-hybridized carbons (Fsp3) is 1.00. The summed E-state index contributed by atoms with van der Waals surface area (Å²) in [6, 6.07) is 0. The van der Waals surface area contributed by atoms with Gasteiger partial charge >= 0.3 is 0 Å². The Labute approximate surface area is 74.9 Å². The van der Waals surface area contributed by atoms with Gasteiger partial charge in [0.1, 0.15) is 0 Å². The van der Waals surface area contributed by atoms with Crippen LogP contribution in [-0.4, -0.2) is 24.4 Å². The standard InChI is InChI=1S/C10H20O2/c1-3-9-4-6-10(8-11,12-2)7-5-9/h9,11H,3-8H2,1-2H3. The van der Waals surface area contributed by atoms with Crippen molar-refractivity contribution in [3.8, 4) is 0 Å². The maximum absolute atomic E-state index is 9.18. The first-order chi connectivity index (χ1) is 5.76. The van der Waals surface area contributed by atoms with Crippen molar-refractivity contribution in [2.24, 2.45) is 5.92 Å². The molecular weight excluding hydrogens is 152 g/mol. The molecule has 0 atom stereocenters. The van der Waals surface area contributed by atoms with Gasteiger partial charge in [0.05, 0.1) is 12.2 Å². The fourth-order valence-corrected chi connectivity index (χ4v) is 2.04. The molecule has 72 valence electrons. The molecule has 0 amide bonds. The van der Waals surface area contributed by atoms with Crippen molar-refractivity contribution in [2.45, 2.75) is 44.6 Å². The first kappa shape index (κ1) is 10.0. The number of hydrogen-bond donors (Lipinski definition) is 1. The lowest BCUT2D eigenvalue weighted by Crippen LogP contribution is -2.39. The van der Waals surface area contributed by atoms with E-state index in [1.807, 2.05) is 0 Å². The summed E-state index contributed by atoms with van der Waals surface area (Å²) in [5.74, 6) is 0.861. The molecule has 1 fully saturated rings. The van der Waals surface area contributed by atoms with Crippen molar-refractivity contribution in [1.82, 2.24) is 0 Å². The van der Waals surface area contributed by atoms with E-state index >= 15 is 0 Å². The Morgan fingerprint density at radius 1 is 1.42 bits per heavy atom. The molecule has 0 spiro atoms. The van der Waals surface area contributed by atoms with Gasteiger partial charge in [0.15, 0.2) is 0 Å². The molecule has 1 rings (SSSR count). The van der Waals surface area contributed by atoms with Crippen LogP contribution in [0.15, 0.2) is 0 Å². The Balaban J connectivity index is 2.42. The lowest BCUT2D eigenvalue weighted by molar-refractivity contribution is -0.0834. The van der Waals surface area contributed by atoms with Gasteiger partial charge in [0.25, 0.3) is 0 Å². The van der Waals surface area contributed by atoms with Crippen LogP contribution < -0.4 is 0 Å². The molecule has 0 aliphatic heterocycles. The van der Waals surface area contributed by atoms with Gasteiger partial charge in [-0.1, -0.05) is 13.3 Å². The van der Waals surface area contributed by atoms with Gasteiger partial charge in [0, 0.05) is 7.11 Å². The summed E-state index contributed by atoms with van der Waals surface area (Å²) < 4.78 is 5.37. The second-order valence-electron chi connectivity index (χ2n) is 3.90. The summed E-state index contributed by atoms with van der Waals surface area (Å²) in [5, 5.41) is 9.18. The van der Waals surface area contributed by atoms with Crippen LogP contribution in [0.4, 0.5) is 0 Å². The van der Waals surface area contributed by atoms with Gasteiger partial charge in [-0.15, -0.1) is 0 Å². The van der Waals surface area contributed by atoms with Crippen LogP contribution in [0.3, 0.4) is 0 Å². The van der Waals surface area contributed by atoms with E-state index in [0.717, 1.165) is 18.8 Å². The highest BCUT2D eigenvalue weighted by molar-refractivity contribution is 4.85. The average Bonchev–Trinajstić information content (AvgIpc) is 2.18. The number of ether oxygens (including phenoxy) is 1. The first-order valence-corrected chi connectivity index (χ1v) is 4.92. The highest BCUT2D eigenvalue weighted by atomic mass is 16.5. The molecule has 2 nitrogen and oxygen atoms in total. The molecule has 1 saturated carbocycles. The topological polar surface area (TPSA) is 29.5 Å². The van der Waals surface area contributed by atoms with Gasteiger partial charge in [-0.2, -0.15) is 0 Å². The van der Waals surface area contributed by atoms with Crippen LogP contribution in [0.5, 0.6) is 0 Å². The van der Waals surface area contributed by atoms with Crippen molar-refractivity contribution in [1.29, 1.82) is 0 Å². The molecular formula is C10H20O2. The van der Waals surface area contributed by atoms with E-state index in [2.05, 4.69) is 6.92 Å². The minimum atomic E-state index is -0.203. The zero-order chi connectivity index (χ0) is 9.03. The Morgan fingerprint density at radius 2 is 2.00 bits per heavy atom. The largest absolute Gasteiger partial charge is 0.393 e. The normalized spacial score (nSPS) is 36.8. The number of aliphatic hydroxyl groups is 1. The maximum atomic E-state index is 9.18. The number of hydrogen-bond acceptors (Lipinski definition) is 2. The summed E-state index contributed by atoms with van der Waals surface area (Å²) in [6.07, 6.45) is 5.75. The molecule has 0 aromatic heterocycles. The molecule has 0 aromatic carbocycles. The number of rotatable bonds is 3. The van der Waals surface area contributed by atoms with Crippen LogP contribution in [0.2, 0.25) is 0 Å². The quantitative estimate of drug-likeness (QED) is 0.705. The molecule has 0 bridgehead atoms. The molecule has 1 aliphatic carbocycles. The van der Waals surface area contributed by atoms with E-state index in [0.29, 0.717) is 0 Å². The molecule has 0 aromatic rings. The van der Waals surface area contributed by atoms with Crippen LogP contribution in [-0.2, 0) is 4.74 Å². The first-order valence-electron chi connectivity index (χ1n) is 4.92. The third-order valence-corrected chi connectivity index (χ3v) is 3.31. The minimum absolute atomic E-state index is 0.180. The van der Waals surface area contributed by atoms with Gasteiger partial charge < -0.3 is 9.84 Å². The molecule has 0 heterocycles. The second kappa shape index (κ2) is 4.24. The SMILES string of the molecule is CCC1CCC(CO)(OC)CC1. The van der Waals surface area contributed by atoms with Crippen molar-refractivity contribution in [2.75, 3.05) is 13.7 Å². The number of aliphatic hydroxyl groups excluding tert-OH is 1. The highest BCUT2D eigenvalue weighted by Crippen LogP contribution is 2.35. The Kier molecular flexibility index (Phi) is 3.53. The van der Waals surface area contributed by atoms with Crippen LogP contribution in [0.1, 0.15) is 39.0 Å². The predicted molar refractivity (Wildman–Crippen MR) is 49.1 cm³/mol. The lowest BCUT2D eigenvalue weighted by atomic mass is 9.78. The molecule has 1 aliphatic rings. The van der Waals surface area contributed by atoms with Gasteiger partial charge in [0.2, 0.25) is 0 Å². The Morgan fingerprint density at radius 3 is 2.33 bits per heavy atom. The Hall–Kier alpha value is -0.0800. The van der Waals surface area contributed by atoms with Crippen LogP contribution in [0.25, 0.3) is 0 Å². The van der Waals surface area contributed by atoms with Crippen molar-refractivity contribution < 1.29 is 9.84 Å². The summed E-state index contributed by atoms with van der Waals surface area (Å²) in [5.41, 5.74) is -0.203. The van der Waals surface area contributed by atoms with E-state index in [1.165, 1.54) is 19.3 Å².